The van der Waals surface area contributed by atoms with Crippen LogP contribution in [0, 0.1) is 6.92 Å². The van der Waals surface area contributed by atoms with E-state index < -0.39 is 5.97 Å². The maximum Gasteiger partial charge on any atom is 0.356 e. The summed E-state index contributed by atoms with van der Waals surface area (Å²) in [6.45, 7) is 5.41. The standard InChI is InChI=1S/C20H27N3O3/c1-13-8-7-10-15-17(13)18(19(22(15)3)20(25)26-4)21-16(24)12-23-11-6-5-9-14(23)2/h7-8,10,14H,5-6,9,11-12H2,1-4H3,(H,21,24)/t14-/m0/s1. The smallest absolute Gasteiger partial charge is 0.356 e. The number of esters is 1. The van der Waals surface area contributed by atoms with Gasteiger partial charge in [0.05, 0.1) is 24.9 Å². The van der Waals surface area contributed by atoms with Gasteiger partial charge in [0.1, 0.15) is 0 Å². The number of anilines is 1. The minimum atomic E-state index is -0.454. The van der Waals surface area contributed by atoms with Crippen LogP contribution in [0.3, 0.4) is 0 Å². The quantitative estimate of drug-likeness (QED) is 0.854. The van der Waals surface area contributed by atoms with E-state index in [-0.39, 0.29) is 5.91 Å². The zero-order valence-corrected chi connectivity index (χ0v) is 16.0. The number of nitrogens with zero attached hydrogens (tertiary/aromatic N) is 2. The molecule has 1 N–H and O–H groups in total. The monoisotopic (exact) mass is 357 g/mol. The van der Waals surface area contributed by atoms with Crippen LogP contribution < -0.4 is 5.32 Å². The van der Waals surface area contributed by atoms with Crippen molar-refractivity contribution in [2.24, 2.45) is 7.05 Å². The second-order valence-electron chi connectivity index (χ2n) is 7.11. The van der Waals surface area contributed by atoms with E-state index in [1.807, 2.05) is 32.2 Å². The van der Waals surface area contributed by atoms with Gasteiger partial charge in [-0.2, -0.15) is 0 Å². The van der Waals surface area contributed by atoms with E-state index in [1.165, 1.54) is 13.5 Å². The summed E-state index contributed by atoms with van der Waals surface area (Å²) < 4.78 is 6.74. The van der Waals surface area contributed by atoms with E-state index in [1.54, 1.807) is 4.57 Å². The molecule has 1 saturated heterocycles. The van der Waals surface area contributed by atoms with Crippen molar-refractivity contribution in [3.8, 4) is 0 Å². The van der Waals surface area contributed by atoms with Gasteiger partial charge in [-0.25, -0.2) is 4.79 Å². The number of nitrogens with one attached hydrogen (secondary N) is 1. The maximum atomic E-state index is 12.7. The molecular formula is C20H27N3O3. The Hall–Kier alpha value is -2.34. The number of likely N-dealkylation sites (tertiary alicyclic amines) is 1. The lowest BCUT2D eigenvalue weighted by atomic mass is 10.0. The van der Waals surface area contributed by atoms with Gasteiger partial charge in [-0.1, -0.05) is 18.6 Å². The number of rotatable bonds is 4. The van der Waals surface area contributed by atoms with Crippen LogP contribution in [0.5, 0.6) is 0 Å². The number of amides is 1. The molecule has 3 rings (SSSR count). The van der Waals surface area contributed by atoms with E-state index in [9.17, 15) is 9.59 Å². The Kier molecular flexibility index (Phi) is 5.32. The number of aryl methyl sites for hydroxylation is 2. The number of ether oxygens (including phenoxy) is 1. The highest BCUT2D eigenvalue weighted by molar-refractivity contribution is 6.12. The first-order valence-electron chi connectivity index (χ1n) is 9.14. The summed E-state index contributed by atoms with van der Waals surface area (Å²) in [6, 6.07) is 6.27. The zero-order chi connectivity index (χ0) is 18.8. The summed E-state index contributed by atoms with van der Waals surface area (Å²) in [6.07, 6.45) is 3.46. The van der Waals surface area contributed by atoms with Crippen molar-refractivity contribution >= 4 is 28.5 Å². The molecular weight excluding hydrogens is 330 g/mol. The highest BCUT2D eigenvalue weighted by atomic mass is 16.5. The molecule has 0 aliphatic carbocycles. The Morgan fingerprint density at radius 1 is 1.31 bits per heavy atom. The summed E-state index contributed by atoms with van der Waals surface area (Å²) in [5.74, 6) is -0.551. The number of piperidine rings is 1. The van der Waals surface area contributed by atoms with Crippen molar-refractivity contribution in [1.29, 1.82) is 0 Å². The van der Waals surface area contributed by atoms with Crippen molar-refractivity contribution in [3.63, 3.8) is 0 Å². The average molecular weight is 357 g/mol. The van der Waals surface area contributed by atoms with E-state index in [0.29, 0.717) is 24.0 Å². The Morgan fingerprint density at radius 3 is 2.77 bits per heavy atom. The van der Waals surface area contributed by atoms with Crippen LogP contribution in [-0.2, 0) is 16.6 Å². The fraction of sp³-hybridized carbons (Fsp3) is 0.500. The molecule has 6 nitrogen and oxygen atoms in total. The number of fused-ring (bicyclic) bond motifs is 1. The highest BCUT2D eigenvalue weighted by Crippen LogP contribution is 2.33. The van der Waals surface area contributed by atoms with Gasteiger partial charge in [-0.15, -0.1) is 0 Å². The lowest BCUT2D eigenvalue weighted by molar-refractivity contribution is -0.118. The van der Waals surface area contributed by atoms with Crippen LogP contribution in [0.4, 0.5) is 5.69 Å². The van der Waals surface area contributed by atoms with E-state index in [4.69, 9.17) is 4.74 Å². The van der Waals surface area contributed by atoms with Crippen LogP contribution in [0.1, 0.15) is 42.2 Å². The Labute approximate surface area is 154 Å². The van der Waals surface area contributed by atoms with Gasteiger partial charge >= 0.3 is 5.97 Å². The van der Waals surface area contributed by atoms with Crippen LogP contribution in [0.25, 0.3) is 10.9 Å². The Bertz CT molecular complexity index is 840. The third-order valence-corrected chi connectivity index (χ3v) is 5.36. The van der Waals surface area contributed by atoms with Crippen LogP contribution >= 0.6 is 0 Å². The SMILES string of the molecule is COC(=O)c1c(NC(=O)CN2CCCC[C@@H]2C)c2c(C)cccc2n1C. The van der Waals surface area contributed by atoms with Gasteiger partial charge in [0.2, 0.25) is 5.91 Å². The third kappa shape index (κ3) is 3.33. The Morgan fingerprint density at radius 2 is 2.08 bits per heavy atom. The van der Waals surface area contributed by atoms with Crippen LogP contribution in [0.15, 0.2) is 18.2 Å². The lowest BCUT2D eigenvalue weighted by Gasteiger charge is -2.32. The number of methoxy groups -OCH3 is 1. The molecule has 1 aliphatic rings. The summed E-state index contributed by atoms with van der Waals surface area (Å²) in [7, 11) is 3.17. The van der Waals surface area contributed by atoms with E-state index in [2.05, 4.69) is 17.1 Å². The number of carbonyl (C=O) groups excluding carboxylic acids is 2. The predicted octanol–water partition coefficient (Wildman–Crippen LogP) is 3.09. The number of hydrogen-bond donors (Lipinski definition) is 1. The normalized spacial score (nSPS) is 18.1. The van der Waals surface area contributed by atoms with Crippen molar-refractivity contribution in [3.05, 3.63) is 29.5 Å². The molecule has 1 fully saturated rings. The fourth-order valence-corrected chi connectivity index (χ4v) is 3.88. The first-order chi connectivity index (χ1) is 12.4. The minimum Gasteiger partial charge on any atom is -0.464 e. The first kappa shape index (κ1) is 18.5. The van der Waals surface area contributed by atoms with Crippen LogP contribution in [0.2, 0.25) is 0 Å². The molecule has 1 amide bonds. The van der Waals surface area contributed by atoms with Crippen LogP contribution in [-0.4, -0.2) is 47.6 Å². The number of carbonyl (C=O) groups is 2. The molecule has 0 bridgehead atoms. The van der Waals surface area contributed by atoms with Gasteiger partial charge in [0.25, 0.3) is 0 Å². The molecule has 0 radical (unpaired) electrons. The molecule has 2 aromatic rings. The molecule has 140 valence electrons. The average Bonchev–Trinajstić information content (AvgIpc) is 2.89. The highest BCUT2D eigenvalue weighted by Gasteiger charge is 2.26. The molecule has 2 heterocycles. The fourth-order valence-electron chi connectivity index (χ4n) is 3.88. The van der Waals surface area contributed by atoms with Gasteiger partial charge < -0.3 is 14.6 Å². The summed E-state index contributed by atoms with van der Waals surface area (Å²) >= 11 is 0. The van der Waals surface area contributed by atoms with Gasteiger partial charge in [0, 0.05) is 18.5 Å². The van der Waals surface area contributed by atoms with Crippen molar-refractivity contribution in [2.45, 2.75) is 39.2 Å². The summed E-state index contributed by atoms with van der Waals surface area (Å²) in [5.41, 5.74) is 2.82. The maximum absolute atomic E-state index is 12.7. The number of benzene rings is 1. The molecule has 1 aromatic carbocycles. The van der Waals surface area contributed by atoms with Crippen molar-refractivity contribution < 1.29 is 14.3 Å². The minimum absolute atomic E-state index is 0.0975. The van der Waals surface area contributed by atoms with Crippen molar-refractivity contribution in [2.75, 3.05) is 25.5 Å². The van der Waals surface area contributed by atoms with Gasteiger partial charge in [-0.3, -0.25) is 9.69 Å². The summed E-state index contributed by atoms with van der Waals surface area (Å²) in [5, 5.41) is 3.88. The topological polar surface area (TPSA) is 63.6 Å². The second kappa shape index (κ2) is 7.50. The number of aromatic nitrogens is 1. The zero-order valence-electron chi connectivity index (χ0n) is 16.0. The molecule has 6 heteroatoms. The second-order valence-corrected chi connectivity index (χ2v) is 7.11. The first-order valence-corrected chi connectivity index (χ1v) is 9.14. The predicted molar refractivity (Wildman–Crippen MR) is 103 cm³/mol. The summed E-state index contributed by atoms with van der Waals surface area (Å²) in [4.78, 5) is 27.3. The molecule has 0 spiro atoms. The van der Waals surface area contributed by atoms with Gasteiger partial charge in [0.15, 0.2) is 5.69 Å². The molecule has 26 heavy (non-hydrogen) atoms. The van der Waals surface area contributed by atoms with Gasteiger partial charge in [-0.05, 0) is 44.9 Å². The third-order valence-electron chi connectivity index (χ3n) is 5.36. The Balaban J connectivity index is 1.95. The molecule has 1 atom stereocenters. The van der Waals surface area contributed by atoms with E-state index in [0.717, 1.165) is 35.9 Å². The number of hydrogen-bond acceptors (Lipinski definition) is 4. The van der Waals surface area contributed by atoms with E-state index >= 15 is 0 Å². The molecule has 0 saturated carbocycles. The largest absolute Gasteiger partial charge is 0.464 e. The molecule has 1 aliphatic heterocycles. The lowest BCUT2D eigenvalue weighted by Crippen LogP contribution is -2.42. The molecule has 1 aromatic heterocycles. The van der Waals surface area contributed by atoms with Crippen molar-refractivity contribution in [1.82, 2.24) is 9.47 Å². The molecule has 0 unspecified atom stereocenters.